The van der Waals surface area contributed by atoms with E-state index in [0.29, 0.717) is 17.6 Å². The van der Waals surface area contributed by atoms with Gasteiger partial charge in [-0.3, -0.25) is 4.89 Å². The van der Waals surface area contributed by atoms with Crippen LogP contribution in [0, 0.1) is 6.10 Å². The van der Waals surface area contributed by atoms with E-state index in [4.69, 9.17) is 19.1 Å². The molecule has 0 aliphatic heterocycles. The fourth-order valence-electron chi connectivity index (χ4n) is 1.35. The Bertz CT molecular complexity index is 418. The SMILES string of the molecule is COC[C](C)OOC(=O)c1ccc(OC)cc1OC. The molecule has 19 heavy (non-hydrogen) atoms. The van der Waals surface area contributed by atoms with E-state index in [1.54, 1.807) is 19.1 Å². The van der Waals surface area contributed by atoms with Crippen LogP contribution >= 0.6 is 0 Å². The fourth-order valence-corrected chi connectivity index (χ4v) is 1.35. The monoisotopic (exact) mass is 269 g/mol. The Morgan fingerprint density at radius 2 is 1.84 bits per heavy atom. The smallest absolute Gasteiger partial charge is 0.376 e. The van der Waals surface area contributed by atoms with Crippen LogP contribution in [0.4, 0.5) is 0 Å². The van der Waals surface area contributed by atoms with Gasteiger partial charge in [0.1, 0.15) is 17.1 Å². The minimum absolute atomic E-state index is 0.243. The lowest BCUT2D eigenvalue weighted by Crippen LogP contribution is -2.12. The van der Waals surface area contributed by atoms with Crippen molar-refractivity contribution in [1.29, 1.82) is 0 Å². The van der Waals surface area contributed by atoms with Crippen molar-refractivity contribution in [2.45, 2.75) is 6.92 Å². The summed E-state index contributed by atoms with van der Waals surface area (Å²) in [5, 5.41) is 0. The molecule has 0 unspecified atom stereocenters. The largest absolute Gasteiger partial charge is 0.497 e. The second-order valence-electron chi connectivity index (χ2n) is 3.66. The molecule has 0 heterocycles. The molecule has 1 radical (unpaired) electrons. The van der Waals surface area contributed by atoms with E-state index in [2.05, 4.69) is 4.89 Å². The molecule has 1 aromatic rings. The summed E-state index contributed by atoms with van der Waals surface area (Å²) in [6, 6.07) is 4.75. The summed E-state index contributed by atoms with van der Waals surface area (Å²) in [4.78, 5) is 21.3. The molecule has 6 nitrogen and oxygen atoms in total. The maximum Gasteiger partial charge on any atom is 0.376 e. The van der Waals surface area contributed by atoms with Crippen LogP contribution in [0.1, 0.15) is 17.3 Å². The zero-order chi connectivity index (χ0) is 14.3. The first kappa shape index (κ1) is 15.3. The first-order valence-corrected chi connectivity index (χ1v) is 5.54. The van der Waals surface area contributed by atoms with Crippen LogP contribution in [0.15, 0.2) is 18.2 Å². The molecule has 0 aromatic heterocycles. The first-order valence-electron chi connectivity index (χ1n) is 5.54. The van der Waals surface area contributed by atoms with E-state index in [1.807, 2.05) is 0 Å². The van der Waals surface area contributed by atoms with Gasteiger partial charge in [0, 0.05) is 13.2 Å². The van der Waals surface area contributed by atoms with Gasteiger partial charge in [-0.25, -0.2) is 4.79 Å². The molecule has 105 valence electrons. The minimum Gasteiger partial charge on any atom is -0.497 e. The van der Waals surface area contributed by atoms with Gasteiger partial charge in [0.25, 0.3) is 0 Å². The van der Waals surface area contributed by atoms with Gasteiger partial charge in [-0.2, -0.15) is 4.89 Å². The Balaban J connectivity index is 2.71. The van der Waals surface area contributed by atoms with Gasteiger partial charge in [-0.05, 0) is 19.1 Å². The van der Waals surface area contributed by atoms with E-state index in [-0.39, 0.29) is 12.2 Å². The third-order valence-electron chi connectivity index (χ3n) is 2.24. The molecule has 1 rings (SSSR count). The van der Waals surface area contributed by atoms with Crippen LogP contribution in [-0.2, 0) is 14.5 Å². The molecule has 0 saturated heterocycles. The third-order valence-corrected chi connectivity index (χ3v) is 2.24. The molecule has 6 heteroatoms. The Morgan fingerprint density at radius 1 is 1.11 bits per heavy atom. The molecule has 0 saturated carbocycles. The van der Waals surface area contributed by atoms with Crippen LogP contribution in [0.3, 0.4) is 0 Å². The minimum atomic E-state index is -0.657. The van der Waals surface area contributed by atoms with Crippen LogP contribution in [0.25, 0.3) is 0 Å². The van der Waals surface area contributed by atoms with Crippen LogP contribution in [-0.4, -0.2) is 33.9 Å². The van der Waals surface area contributed by atoms with Gasteiger partial charge in [0.05, 0.1) is 20.8 Å². The summed E-state index contributed by atoms with van der Waals surface area (Å²) in [7, 11) is 4.49. The summed E-state index contributed by atoms with van der Waals surface area (Å²) in [6.07, 6.45) is 0.434. The number of benzene rings is 1. The summed E-state index contributed by atoms with van der Waals surface area (Å²) >= 11 is 0. The summed E-state index contributed by atoms with van der Waals surface area (Å²) < 4.78 is 15.0. The fraction of sp³-hybridized carbons (Fsp3) is 0.385. The number of methoxy groups -OCH3 is 3. The quantitative estimate of drug-likeness (QED) is 0.557. The Hall–Kier alpha value is -1.79. The van der Waals surface area contributed by atoms with E-state index in [0.717, 1.165) is 0 Å². The van der Waals surface area contributed by atoms with Crippen molar-refractivity contribution in [3.8, 4) is 11.5 Å². The standard InChI is InChI=1S/C13H17O6/c1-9(8-15-2)18-19-13(14)11-6-5-10(16-3)7-12(11)17-4/h5-7H,8H2,1-4H3. The highest BCUT2D eigenvalue weighted by Crippen LogP contribution is 2.25. The number of rotatable bonds is 7. The summed E-state index contributed by atoms with van der Waals surface area (Å²) in [5.41, 5.74) is 0.244. The molecule has 0 spiro atoms. The molecule has 0 N–H and O–H groups in total. The van der Waals surface area contributed by atoms with Crippen molar-refractivity contribution in [2.24, 2.45) is 0 Å². The molecular formula is C13H17O6. The Morgan fingerprint density at radius 3 is 2.42 bits per heavy atom. The van der Waals surface area contributed by atoms with Crippen molar-refractivity contribution in [1.82, 2.24) is 0 Å². The number of hydrogen-bond donors (Lipinski definition) is 0. The van der Waals surface area contributed by atoms with Gasteiger partial charge in [0.15, 0.2) is 6.10 Å². The van der Waals surface area contributed by atoms with Crippen molar-refractivity contribution < 1.29 is 28.8 Å². The van der Waals surface area contributed by atoms with Gasteiger partial charge in [-0.15, -0.1) is 0 Å². The van der Waals surface area contributed by atoms with E-state index in [1.165, 1.54) is 27.4 Å². The average molecular weight is 269 g/mol. The molecule has 0 amide bonds. The zero-order valence-corrected chi connectivity index (χ0v) is 11.4. The molecule has 0 fully saturated rings. The summed E-state index contributed by atoms with van der Waals surface area (Å²) in [5.74, 6) is 0.267. The third kappa shape index (κ3) is 4.42. The molecule has 0 aliphatic carbocycles. The lowest BCUT2D eigenvalue weighted by molar-refractivity contribution is -0.237. The lowest BCUT2D eigenvalue weighted by Gasteiger charge is -2.11. The maximum atomic E-state index is 11.8. The summed E-state index contributed by atoms with van der Waals surface area (Å²) in [6.45, 7) is 1.88. The Kier molecular flexibility index (Phi) is 6.11. The van der Waals surface area contributed by atoms with Gasteiger partial charge < -0.3 is 14.2 Å². The van der Waals surface area contributed by atoms with Crippen molar-refractivity contribution in [3.05, 3.63) is 29.9 Å². The molecule has 1 aromatic carbocycles. The molecule has 0 bridgehead atoms. The Labute approximate surface area is 112 Å². The maximum absolute atomic E-state index is 11.8. The molecule has 0 aliphatic rings. The second-order valence-corrected chi connectivity index (χ2v) is 3.66. The highest BCUT2D eigenvalue weighted by molar-refractivity contribution is 5.92. The second kappa shape index (κ2) is 7.60. The number of carbonyl (C=O) groups excluding carboxylic acids is 1. The van der Waals surface area contributed by atoms with Crippen molar-refractivity contribution in [2.75, 3.05) is 27.9 Å². The van der Waals surface area contributed by atoms with Crippen molar-refractivity contribution in [3.63, 3.8) is 0 Å². The van der Waals surface area contributed by atoms with E-state index in [9.17, 15) is 4.79 Å². The van der Waals surface area contributed by atoms with E-state index >= 15 is 0 Å². The number of ether oxygens (including phenoxy) is 3. The van der Waals surface area contributed by atoms with Crippen LogP contribution in [0.5, 0.6) is 11.5 Å². The van der Waals surface area contributed by atoms with Gasteiger partial charge in [0.2, 0.25) is 0 Å². The van der Waals surface area contributed by atoms with Crippen LogP contribution < -0.4 is 9.47 Å². The van der Waals surface area contributed by atoms with Gasteiger partial charge >= 0.3 is 5.97 Å². The molecule has 0 atom stereocenters. The zero-order valence-electron chi connectivity index (χ0n) is 11.4. The normalized spacial score (nSPS) is 10.4. The number of hydrogen-bond acceptors (Lipinski definition) is 6. The highest BCUT2D eigenvalue weighted by atomic mass is 17.2. The van der Waals surface area contributed by atoms with E-state index < -0.39 is 5.97 Å². The van der Waals surface area contributed by atoms with Crippen molar-refractivity contribution >= 4 is 5.97 Å². The lowest BCUT2D eigenvalue weighted by atomic mass is 10.2. The number of carbonyl (C=O) groups is 1. The van der Waals surface area contributed by atoms with Crippen LogP contribution in [0.2, 0.25) is 0 Å². The average Bonchev–Trinajstić information content (AvgIpc) is 2.44. The predicted octanol–water partition coefficient (Wildman–Crippen LogP) is 1.99. The van der Waals surface area contributed by atoms with Gasteiger partial charge in [-0.1, -0.05) is 0 Å². The highest BCUT2D eigenvalue weighted by Gasteiger charge is 2.17. The predicted molar refractivity (Wildman–Crippen MR) is 66.8 cm³/mol. The topological polar surface area (TPSA) is 63.2 Å². The first-order chi connectivity index (χ1) is 9.12. The molecular weight excluding hydrogens is 252 g/mol.